The fourth-order valence-electron chi connectivity index (χ4n) is 1.67. The Hall–Kier alpha value is -0.440. The lowest BCUT2D eigenvalue weighted by Gasteiger charge is -2.13. The molecule has 2 nitrogen and oxygen atoms in total. The van der Waals surface area contributed by atoms with E-state index in [-0.39, 0.29) is 6.04 Å². The largest absolute Gasteiger partial charge is 0.493 e. The number of fused-ring (bicyclic) bond motifs is 1. The van der Waals surface area contributed by atoms with Gasteiger partial charge in [0.05, 0.1) is 11.6 Å². The molecule has 4 heteroatoms. The molecule has 0 aromatic heterocycles. The van der Waals surface area contributed by atoms with Gasteiger partial charge in [-0.1, -0.05) is 23.2 Å². The minimum absolute atomic E-state index is 0.0442. The summed E-state index contributed by atoms with van der Waals surface area (Å²) in [5.41, 5.74) is 6.87. The van der Waals surface area contributed by atoms with Crippen molar-refractivity contribution in [3.8, 4) is 5.75 Å². The summed E-state index contributed by atoms with van der Waals surface area (Å²) in [6.45, 7) is 0.678. The predicted octanol–water partition coefficient (Wildman–Crippen LogP) is 3.17. The van der Waals surface area contributed by atoms with Gasteiger partial charge in [-0.05, 0) is 25.0 Å². The predicted molar refractivity (Wildman–Crippen MR) is 58.1 cm³/mol. The molecular formula is C10H11Cl2NO. The standard InChI is InChI=1S/C10H11Cl2NO/c11-6-4-7(12)10-8(13)2-1-3-14-9(10)5-6/h4-5,8H,1-3,13H2/t8-/m1/s1. The summed E-state index contributed by atoms with van der Waals surface area (Å²) in [5, 5.41) is 1.18. The topological polar surface area (TPSA) is 35.2 Å². The summed E-state index contributed by atoms with van der Waals surface area (Å²) >= 11 is 11.9. The summed E-state index contributed by atoms with van der Waals surface area (Å²) in [6.07, 6.45) is 1.85. The molecule has 1 aliphatic rings. The second-order valence-corrected chi connectivity index (χ2v) is 4.24. The Balaban J connectivity index is 2.53. The molecule has 0 unspecified atom stereocenters. The molecule has 0 fully saturated rings. The molecule has 0 spiro atoms. The lowest BCUT2D eigenvalue weighted by Crippen LogP contribution is -2.09. The van der Waals surface area contributed by atoms with Crippen LogP contribution >= 0.6 is 23.2 Å². The monoisotopic (exact) mass is 231 g/mol. The van der Waals surface area contributed by atoms with Crippen LogP contribution in [0.4, 0.5) is 0 Å². The Labute approximate surface area is 92.9 Å². The molecule has 0 saturated carbocycles. The first kappa shape index (κ1) is 10.1. The first-order valence-electron chi connectivity index (χ1n) is 4.56. The van der Waals surface area contributed by atoms with Gasteiger partial charge in [-0.3, -0.25) is 0 Å². The molecule has 2 rings (SSSR count). The Morgan fingerprint density at radius 3 is 2.93 bits per heavy atom. The minimum Gasteiger partial charge on any atom is -0.493 e. The molecule has 2 N–H and O–H groups in total. The van der Waals surface area contributed by atoms with Crippen LogP contribution in [-0.4, -0.2) is 6.61 Å². The molecule has 1 aromatic rings. The van der Waals surface area contributed by atoms with Crippen molar-refractivity contribution in [3.63, 3.8) is 0 Å². The smallest absolute Gasteiger partial charge is 0.127 e. The van der Waals surface area contributed by atoms with Crippen LogP contribution in [0.1, 0.15) is 24.4 Å². The summed E-state index contributed by atoms with van der Waals surface area (Å²) in [4.78, 5) is 0. The molecule has 1 aromatic carbocycles. The van der Waals surface area contributed by atoms with E-state index in [2.05, 4.69) is 0 Å². The van der Waals surface area contributed by atoms with Crippen molar-refractivity contribution in [3.05, 3.63) is 27.7 Å². The van der Waals surface area contributed by atoms with Gasteiger partial charge in [0, 0.05) is 16.6 Å². The van der Waals surface area contributed by atoms with Crippen LogP contribution < -0.4 is 10.5 Å². The van der Waals surface area contributed by atoms with Crippen molar-refractivity contribution in [1.82, 2.24) is 0 Å². The Morgan fingerprint density at radius 1 is 1.36 bits per heavy atom. The molecule has 1 atom stereocenters. The second-order valence-electron chi connectivity index (χ2n) is 3.40. The molecule has 0 bridgehead atoms. The van der Waals surface area contributed by atoms with Crippen molar-refractivity contribution in [1.29, 1.82) is 0 Å². The van der Waals surface area contributed by atoms with Gasteiger partial charge < -0.3 is 10.5 Å². The van der Waals surface area contributed by atoms with Crippen molar-refractivity contribution in [2.75, 3.05) is 6.61 Å². The molecule has 76 valence electrons. The van der Waals surface area contributed by atoms with E-state index in [1.54, 1.807) is 12.1 Å². The zero-order chi connectivity index (χ0) is 10.1. The maximum atomic E-state index is 6.07. The van der Waals surface area contributed by atoms with Gasteiger partial charge in [-0.2, -0.15) is 0 Å². The third kappa shape index (κ3) is 1.83. The second kappa shape index (κ2) is 3.97. The highest BCUT2D eigenvalue weighted by atomic mass is 35.5. The molecule has 14 heavy (non-hydrogen) atoms. The fraction of sp³-hybridized carbons (Fsp3) is 0.400. The number of hydrogen-bond acceptors (Lipinski definition) is 2. The number of ether oxygens (including phenoxy) is 1. The van der Waals surface area contributed by atoms with Crippen LogP contribution in [-0.2, 0) is 0 Å². The van der Waals surface area contributed by atoms with Gasteiger partial charge in [0.1, 0.15) is 5.75 Å². The van der Waals surface area contributed by atoms with Gasteiger partial charge in [-0.25, -0.2) is 0 Å². The van der Waals surface area contributed by atoms with E-state index in [1.165, 1.54) is 0 Å². The number of rotatable bonds is 0. The summed E-state index contributed by atoms with van der Waals surface area (Å²) in [7, 11) is 0. The van der Waals surface area contributed by atoms with Gasteiger partial charge in [-0.15, -0.1) is 0 Å². The highest BCUT2D eigenvalue weighted by Crippen LogP contribution is 2.37. The Bertz CT molecular complexity index is 354. The van der Waals surface area contributed by atoms with E-state index in [9.17, 15) is 0 Å². The Kier molecular flexibility index (Phi) is 2.86. The quantitative estimate of drug-likeness (QED) is 0.745. The van der Waals surface area contributed by atoms with Gasteiger partial charge in [0.15, 0.2) is 0 Å². The third-order valence-corrected chi connectivity index (χ3v) is 2.88. The zero-order valence-corrected chi connectivity index (χ0v) is 9.11. The molecule has 0 aliphatic carbocycles. The SMILES string of the molecule is N[C@@H]1CCCOc2cc(Cl)cc(Cl)c21. The average Bonchev–Trinajstić information content (AvgIpc) is 2.27. The van der Waals surface area contributed by atoms with Crippen LogP contribution in [0.25, 0.3) is 0 Å². The summed E-state index contributed by atoms with van der Waals surface area (Å²) in [5.74, 6) is 0.729. The van der Waals surface area contributed by atoms with E-state index < -0.39 is 0 Å². The third-order valence-electron chi connectivity index (χ3n) is 2.34. The molecule has 0 radical (unpaired) electrons. The number of nitrogens with two attached hydrogens (primary N) is 1. The summed E-state index contributed by atoms with van der Waals surface area (Å²) in [6, 6.07) is 3.43. The molecule has 0 saturated heterocycles. The van der Waals surface area contributed by atoms with E-state index in [0.29, 0.717) is 16.7 Å². The molecular weight excluding hydrogens is 221 g/mol. The van der Waals surface area contributed by atoms with Crippen LogP contribution in [0.3, 0.4) is 0 Å². The van der Waals surface area contributed by atoms with Gasteiger partial charge >= 0.3 is 0 Å². The minimum atomic E-state index is -0.0442. The highest BCUT2D eigenvalue weighted by Gasteiger charge is 2.20. The van der Waals surface area contributed by atoms with Crippen molar-refractivity contribution >= 4 is 23.2 Å². The normalized spacial score (nSPS) is 20.9. The Morgan fingerprint density at radius 2 is 2.14 bits per heavy atom. The number of halogens is 2. The molecule has 0 amide bonds. The van der Waals surface area contributed by atoms with Crippen molar-refractivity contribution in [2.24, 2.45) is 5.73 Å². The van der Waals surface area contributed by atoms with E-state index >= 15 is 0 Å². The van der Waals surface area contributed by atoms with E-state index in [1.807, 2.05) is 0 Å². The first-order chi connectivity index (χ1) is 6.68. The average molecular weight is 232 g/mol. The van der Waals surface area contributed by atoms with Gasteiger partial charge in [0.25, 0.3) is 0 Å². The van der Waals surface area contributed by atoms with Crippen LogP contribution in [0, 0.1) is 0 Å². The zero-order valence-electron chi connectivity index (χ0n) is 7.59. The molecule has 1 heterocycles. The van der Waals surface area contributed by atoms with Gasteiger partial charge in [0.2, 0.25) is 0 Å². The number of hydrogen-bond donors (Lipinski definition) is 1. The lowest BCUT2D eigenvalue weighted by atomic mass is 10.0. The fourth-order valence-corrected chi connectivity index (χ4v) is 2.29. The highest BCUT2D eigenvalue weighted by molar-refractivity contribution is 6.35. The van der Waals surface area contributed by atoms with Crippen LogP contribution in [0.2, 0.25) is 10.0 Å². The summed E-state index contributed by atoms with van der Waals surface area (Å²) < 4.78 is 5.53. The maximum absolute atomic E-state index is 6.07. The first-order valence-corrected chi connectivity index (χ1v) is 5.31. The van der Waals surface area contributed by atoms with E-state index in [0.717, 1.165) is 24.2 Å². The van der Waals surface area contributed by atoms with Crippen molar-refractivity contribution in [2.45, 2.75) is 18.9 Å². The van der Waals surface area contributed by atoms with E-state index in [4.69, 9.17) is 33.7 Å². The maximum Gasteiger partial charge on any atom is 0.127 e. The van der Waals surface area contributed by atoms with Crippen LogP contribution in [0.15, 0.2) is 12.1 Å². The van der Waals surface area contributed by atoms with Crippen molar-refractivity contribution < 1.29 is 4.74 Å². The lowest BCUT2D eigenvalue weighted by molar-refractivity contribution is 0.316. The van der Waals surface area contributed by atoms with Crippen LogP contribution in [0.5, 0.6) is 5.75 Å². The number of benzene rings is 1. The molecule has 1 aliphatic heterocycles.